The smallest absolute Gasteiger partial charge is 0.123 e. The van der Waals surface area contributed by atoms with Crippen molar-refractivity contribution in [3.63, 3.8) is 0 Å². The number of halogens is 1. The van der Waals surface area contributed by atoms with Gasteiger partial charge < -0.3 is 10.7 Å². The van der Waals surface area contributed by atoms with Gasteiger partial charge in [-0.05, 0) is 38.4 Å². The van der Waals surface area contributed by atoms with Gasteiger partial charge in [0.1, 0.15) is 11.6 Å². The van der Waals surface area contributed by atoms with Gasteiger partial charge in [0.05, 0.1) is 5.69 Å². The van der Waals surface area contributed by atoms with Crippen LogP contribution in [0.3, 0.4) is 0 Å². The number of nitrogens with one attached hydrogen (secondary N) is 1. The van der Waals surface area contributed by atoms with E-state index in [9.17, 15) is 4.39 Å². The van der Waals surface area contributed by atoms with E-state index in [-0.39, 0.29) is 5.82 Å². The molecule has 0 aliphatic heterocycles. The zero-order valence-corrected chi connectivity index (χ0v) is 12.0. The van der Waals surface area contributed by atoms with Crippen LogP contribution in [0.2, 0.25) is 0 Å². The molecule has 0 bridgehead atoms. The average Bonchev–Trinajstić information content (AvgIpc) is 2.80. The molecule has 2 rings (SSSR count). The van der Waals surface area contributed by atoms with Gasteiger partial charge in [-0.1, -0.05) is 25.0 Å². The van der Waals surface area contributed by atoms with Gasteiger partial charge in [-0.2, -0.15) is 0 Å². The molecule has 0 aliphatic carbocycles. The van der Waals surface area contributed by atoms with Crippen LogP contribution in [0.4, 0.5) is 4.39 Å². The van der Waals surface area contributed by atoms with Crippen LogP contribution in [0.1, 0.15) is 37.2 Å². The van der Waals surface area contributed by atoms with Crippen LogP contribution in [0.5, 0.6) is 0 Å². The Kier molecular flexibility index (Phi) is 5.30. The third-order valence-corrected chi connectivity index (χ3v) is 3.40. The molecule has 0 atom stereocenters. The Morgan fingerprint density at radius 2 is 2.00 bits per heavy atom. The van der Waals surface area contributed by atoms with Crippen molar-refractivity contribution in [1.29, 1.82) is 0 Å². The zero-order chi connectivity index (χ0) is 14.4. The highest BCUT2D eigenvalue weighted by Gasteiger charge is 2.09. The molecular formula is C16H22FN3. The number of aromatic nitrogens is 2. The summed E-state index contributed by atoms with van der Waals surface area (Å²) < 4.78 is 13.3. The van der Waals surface area contributed by atoms with Gasteiger partial charge in [-0.25, -0.2) is 9.37 Å². The fraction of sp³-hybridized carbons (Fsp3) is 0.438. The van der Waals surface area contributed by atoms with Gasteiger partial charge >= 0.3 is 0 Å². The maximum atomic E-state index is 13.3. The van der Waals surface area contributed by atoms with E-state index in [1.54, 1.807) is 6.07 Å². The number of nitrogens with zero attached hydrogens (tertiary/aromatic N) is 1. The third-order valence-electron chi connectivity index (χ3n) is 3.40. The quantitative estimate of drug-likeness (QED) is 0.759. The number of imidazole rings is 1. The predicted molar refractivity (Wildman–Crippen MR) is 79.9 cm³/mol. The number of hydrogen-bond donors (Lipinski definition) is 2. The summed E-state index contributed by atoms with van der Waals surface area (Å²) in [5, 5.41) is 0. The first kappa shape index (κ1) is 14.7. The minimum Gasteiger partial charge on any atom is -0.346 e. The Labute approximate surface area is 119 Å². The van der Waals surface area contributed by atoms with Gasteiger partial charge in [0.25, 0.3) is 0 Å². The number of aryl methyl sites for hydroxylation is 2. The topological polar surface area (TPSA) is 54.7 Å². The van der Waals surface area contributed by atoms with E-state index in [0.29, 0.717) is 0 Å². The van der Waals surface area contributed by atoms with E-state index in [1.165, 1.54) is 25.0 Å². The zero-order valence-electron chi connectivity index (χ0n) is 12.0. The molecule has 20 heavy (non-hydrogen) atoms. The van der Waals surface area contributed by atoms with Crippen molar-refractivity contribution < 1.29 is 4.39 Å². The molecular weight excluding hydrogens is 253 g/mol. The first-order valence-corrected chi connectivity index (χ1v) is 7.22. The monoisotopic (exact) mass is 275 g/mol. The highest BCUT2D eigenvalue weighted by Crippen LogP contribution is 2.22. The van der Waals surface area contributed by atoms with Crippen molar-refractivity contribution in [3.8, 4) is 11.3 Å². The number of unbranched alkanes of at least 4 members (excludes halogenated alkanes) is 3. The van der Waals surface area contributed by atoms with Crippen LogP contribution in [-0.4, -0.2) is 16.5 Å². The van der Waals surface area contributed by atoms with Crippen molar-refractivity contribution in [2.24, 2.45) is 5.73 Å². The van der Waals surface area contributed by atoms with Crippen molar-refractivity contribution in [2.75, 3.05) is 6.54 Å². The lowest BCUT2D eigenvalue weighted by molar-refractivity contribution is 0.628. The average molecular weight is 275 g/mol. The van der Waals surface area contributed by atoms with Crippen LogP contribution >= 0.6 is 0 Å². The highest BCUT2D eigenvalue weighted by molar-refractivity contribution is 5.61. The number of H-pyrrole nitrogens is 1. The molecule has 0 aliphatic rings. The molecule has 108 valence electrons. The summed E-state index contributed by atoms with van der Waals surface area (Å²) in [7, 11) is 0. The van der Waals surface area contributed by atoms with Crippen LogP contribution in [0.25, 0.3) is 11.3 Å². The largest absolute Gasteiger partial charge is 0.346 e. The number of aromatic amines is 1. The van der Waals surface area contributed by atoms with Crippen LogP contribution in [0.15, 0.2) is 24.3 Å². The van der Waals surface area contributed by atoms with Crippen LogP contribution in [0, 0.1) is 12.7 Å². The van der Waals surface area contributed by atoms with Crippen LogP contribution in [-0.2, 0) is 6.42 Å². The standard InChI is InChI=1S/C16H22FN3/c1-12-16(13-7-6-8-14(17)11-13)20-15(19-12)9-4-2-3-5-10-18/h6-8,11H,2-5,9-10,18H2,1H3,(H,19,20). The van der Waals surface area contributed by atoms with Crippen molar-refractivity contribution in [2.45, 2.75) is 39.0 Å². The molecule has 2 aromatic rings. The highest BCUT2D eigenvalue weighted by atomic mass is 19.1. The van der Waals surface area contributed by atoms with E-state index >= 15 is 0 Å². The molecule has 3 N–H and O–H groups in total. The molecule has 0 spiro atoms. The van der Waals surface area contributed by atoms with E-state index in [0.717, 1.165) is 48.6 Å². The Bertz CT molecular complexity index is 548. The second-order valence-electron chi connectivity index (χ2n) is 5.12. The molecule has 0 unspecified atom stereocenters. The predicted octanol–water partition coefficient (Wildman–Crippen LogP) is 3.59. The summed E-state index contributed by atoms with van der Waals surface area (Å²) >= 11 is 0. The summed E-state index contributed by atoms with van der Waals surface area (Å²) in [6.45, 7) is 2.74. The number of benzene rings is 1. The summed E-state index contributed by atoms with van der Waals surface area (Å²) in [5.41, 5.74) is 8.14. The van der Waals surface area contributed by atoms with E-state index in [2.05, 4.69) is 9.97 Å². The lowest BCUT2D eigenvalue weighted by Crippen LogP contribution is -1.98. The maximum absolute atomic E-state index is 13.3. The number of rotatable bonds is 7. The Hall–Kier alpha value is -1.68. The van der Waals surface area contributed by atoms with E-state index in [1.807, 2.05) is 13.0 Å². The summed E-state index contributed by atoms with van der Waals surface area (Å²) in [6.07, 6.45) is 5.47. The Morgan fingerprint density at radius 1 is 1.20 bits per heavy atom. The summed E-state index contributed by atoms with van der Waals surface area (Å²) in [6, 6.07) is 6.57. The van der Waals surface area contributed by atoms with Gasteiger partial charge in [0.15, 0.2) is 0 Å². The van der Waals surface area contributed by atoms with Gasteiger partial charge in [-0.15, -0.1) is 0 Å². The van der Waals surface area contributed by atoms with E-state index < -0.39 is 0 Å². The lowest BCUT2D eigenvalue weighted by atomic mass is 10.1. The molecule has 1 aromatic carbocycles. The van der Waals surface area contributed by atoms with Crippen molar-refractivity contribution in [3.05, 3.63) is 41.6 Å². The van der Waals surface area contributed by atoms with Gasteiger partial charge in [-0.3, -0.25) is 0 Å². The normalized spacial score (nSPS) is 10.9. The SMILES string of the molecule is Cc1[nH]c(CCCCCCN)nc1-c1cccc(F)c1. The Balaban J connectivity index is 1.99. The minimum absolute atomic E-state index is 0.228. The first-order valence-electron chi connectivity index (χ1n) is 7.22. The Morgan fingerprint density at radius 3 is 2.75 bits per heavy atom. The molecule has 1 heterocycles. The molecule has 0 saturated carbocycles. The summed E-state index contributed by atoms with van der Waals surface area (Å²) in [5.74, 6) is 0.753. The first-order chi connectivity index (χ1) is 9.70. The second kappa shape index (κ2) is 7.20. The fourth-order valence-electron chi connectivity index (χ4n) is 2.35. The van der Waals surface area contributed by atoms with Gasteiger partial charge in [0, 0.05) is 17.7 Å². The molecule has 1 aromatic heterocycles. The molecule has 0 amide bonds. The third kappa shape index (κ3) is 3.90. The minimum atomic E-state index is -0.228. The van der Waals surface area contributed by atoms with E-state index in [4.69, 9.17) is 5.73 Å². The lowest BCUT2D eigenvalue weighted by Gasteiger charge is -1.98. The van der Waals surface area contributed by atoms with Crippen LogP contribution < -0.4 is 5.73 Å². The van der Waals surface area contributed by atoms with Gasteiger partial charge in [0.2, 0.25) is 0 Å². The molecule has 3 nitrogen and oxygen atoms in total. The number of nitrogens with two attached hydrogens (primary N) is 1. The number of hydrogen-bond acceptors (Lipinski definition) is 2. The molecule has 0 radical (unpaired) electrons. The molecule has 0 saturated heterocycles. The van der Waals surface area contributed by atoms with Crippen molar-refractivity contribution in [1.82, 2.24) is 9.97 Å². The maximum Gasteiger partial charge on any atom is 0.123 e. The summed E-state index contributed by atoms with van der Waals surface area (Å²) in [4.78, 5) is 7.89. The molecule has 4 heteroatoms. The van der Waals surface area contributed by atoms with Crippen molar-refractivity contribution >= 4 is 0 Å². The molecule has 0 fully saturated rings. The fourth-order valence-corrected chi connectivity index (χ4v) is 2.35. The second-order valence-corrected chi connectivity index (χ2v) is 5.12.